The fourth-order valence-electron chi connectivity index (χ4n) is 3.21. The van der Waals surface area contributed by atoms with Crippen LogP contribution in [0, 0.1) is 0 Å². The zero-order valence-corrected chi connectivity index (χ0v) is 20.0. The molecule has 184 valence electrons. The SMILES string of the molecule is CC(C)(C)NC(=O)c1occc1C(=O)c1ccccc1.O=C(c1ccccc1)c1ccoc1C(=O)O. The summed E-state index contributed by atoms with van der Waals surface area (Å²) in [5.74, 6) is -2.49. The lowest BCUT2D eigenvalue weighted by Gasteiger charge is -2.19. The summed E-state index contributed by atoms with van der Waals surface area (Å²) in [5, 5.41) is 11.6. The summed E-state index contributed by atoms with van der Waals surface area (Å²) >= 11 is 0. The lowest BCUT2D eigenvalue weighted by Crippen LogP contribution is -2.40. The highest BCUT2D eigenvalue weighted by molar-refractivity contribution is 6.14. The Balaban J connectivity index is 0.000000205. The van der Waals surface area contributed by atoms with Crippen molar-refractivity contribution in [3.63, 3.8) is 0 Å². The number of nitrogens with one attached hydrogen (secondary N) is 1. The van der Waals surface area contributed by atoms with Crippen LogP contribution in [0.1, 0.15) is 73.7 Å². The number of ketones is 2. The maximum absolute atomic E-state index is 12.4. The number of carboxylic acids is 1. The largest absolute Gasteiger partial charge is 0.475 e. The predicted octanol–water partition coefficient (Wildman–Crippen LogP) is 5.25. The molecule has 36 heavy (non-hydrogen) atoms. The number of benzene rings is 2. The molecule has 2 aromatic heterocycles. The van der Waals surface area contributed by atoms with E-state index in [2.05, 4.69) is 5.32 Å². The maximum atomic E-state index is 12.4. The monoisotopic (exact) mass is 487 g/mol. The highest BCUT2D eigenvalue weighted by Gasteiger charge is 2.24. The molecule has 0 fully saturated rings. The van der Waals surface area contributed by atoms with Crippen molar-refractivity contribution in [1.29, 1.82) is 0 Å². The van der Waals surface area contributed by atoms with Crippen molar-refractivity contribution in [3.8, 4) is 0 Å². The Morgan fingerprint density at radius 1 is 0.667 bits per heavy atom. The number of aromatic carboxylic acids is 1. The molecule has 2 N–H and O–H groups in total. The van der Waals surface area contributed by atoms with E-state index in [4.69, 9.17) is 13.9 Å². The molecular formula is C28H25NO7. The van der Waals surface area contributed by atoms with Crippen molar-refractivity contribution >= 4 is 23.4 Å². The highest BCUT2D eigenvalue weighted by Crippen LogP contribution is 2.17. The van der Waals surface area contributed by atoms with Crippen molar-refractivity contribution in [2.24, 2.45) is 0 Å². The van der Waals surface area contributed by atoms with Gasteiger partial charge in [-0.1, -0.05) is 60.7 Å². The van der Waals surface area contributed by atoms with E-state index >= 15 is 0 Å². The van der Waals surface area contributed by atoms with E-state index < -0.39 is 11.5 Å². The first-order chi connectivity index (χ1) is 17.1. The summed E-state index contributed by atoms with van der Waals surface area (Å²) in [5.41, 5.74) is 0.915. The van der Waals surface area contributed by atoms with Gasteiger partial charge in [0, 0.05) is 16.7 Å². The topological polar surface area (TPSA) is 127 Å². The number of carboxylic acid groups (broad SMARTS) is 1. The lowest BCUT2D eigenvalue weighted by molar-refractivity contribution is 0.0657. The van der Waals surface area contributed by atoms with Crippen LogP contribution in [0.15, 0.2) is 94.2 Å². The normalized spacial score (nSPS) is 10.6. The van der Waals surface area contributed by atoms with E-state index in [-0.39, 0.29) is 40.1 Å². The fourth-order valence-corrected chi connectivity index (χ4v) is 3.21. The molecule has 0 unspecified atom stereocenters. The summed E-state index contributed by atoms with van der Waals surface area (Å²) in [6.07, 6.45) is 2.55. The average molecular weight is 488 g/mol. The van der Waals surface area contributed by atoms with Crippen LogP contribution >= 0.6 is 0 Å². The van der Waals surface area contributed by atoms with Gasteiger partial charge in [-0.25, -0.2) is 4.79 Å². The Morgan fingerprint density at radius 3 is 1.50 bits per heavy atom. The third-order valence-corrected chi connectivity index (χ3v) is 4.78. The van der Waals surface area contributed by atoms with Crippen LogP contribution in [0.3, 0.4) is 0 Å². The van der Waals surface area contributed by atoms with Crippen LogP contribution in [0.4, 0.5) is 0 Å². The van der Waals surface area contributed by atoms with E-state index in [0.29, 0.717) is 11.1 Å². The molecule has 0 aliphatic rings. The van der Waals surface area contributed by atoms with Crippen molar-refractivity contribution in [2.45, 2.75) is 26.3 Å². The van der Waals surface area contributed by atoms with Gasteiger partial charge >= 0.3 is 5.97 Å². The number of rotatable bonds is 6. The standard InChI is InChI=1S/C16H17NO3.C12H8O4/c1-16(2,3)17-15(19)14-12(9-10-20-14)13(18)11-7-5-4-6-8-11;13-10(8-4-2-1-3-5-8)9-6-7-16-11(9)12(14)15/h4-10H,1-3H3,(H,17,19);1-7H,(H,14,15). The minimum Gasteiger partial charge on any atom is -0.475 e. The van der Waals surface area contributed by atoms with Gasteiger partial charge in [0.25, 0.3) is 5.91 Å². The first-order valence-corrected chi connectivity index (χ1v) is 11.0. The van der Waals surface area contributed by atoms with Gasteiger partial charge in [0.05, 0.1) is 23.7 Å². The van der Waals surface area contributed by atoms with Gasteiger partial charge in [0.2, 0.25) is 11.5 Å². The lowest BCUT2D eigenvalue weighted by atomic mass is 10.0. The van der Waals surface area contributed by atoms with Crippen molar-refractivity contribution in [2.75, 3.05) is 0 Å². The molecule has 8 heteroatoms. The molecule has 8 nitrogen and oxygen atoms in total. The molecule has 0 saturated carbocycles. The van der Waals surface area contributed by atoms with Gasteiger partial charge in [0.1, 0.15) is 0 Å². The molecule has 1 amide bonds. The molecule has 0 atom stereocenters. The van der Waals surface area contributed by atoms with Crippen LogP contribution in [0.25, 0.3) is 0 Å². The Bertz CT molecular complexity index is 1360. The van der Waals surface area contributed by atoms with Gasteiger partial charge in [-0.3, -0.25) is 14.4 Å². The van der Waals surface area contributed by atoms with Gasteiger partial charge in [0.15, 0.2) is 11.6 Å². The number of carbonyl (C=O) groups is 4. The van der Waals surface area contributed by atoms with E-state index in [0.717, 1.165) is 0 Å². The van der Waals surface area contributed by atoms with Gasteiger partial charge in [-0.05, 0) is 32.9 Å². The van der Waals surface area contributed by atoms with Crippen molar-refractivity contribution in [3.05, 3.63) is 119 Å². The second-order valence-electron chi connectivity index (χ2n) is 8.73. The summed E-state index contributed by atoms with van der Waals surface area (Å²) in [6.45, 7) is 5.60. The van der Waals surface area contributed by atoms with E-state index in [1.165, 1.54) is 24.7 Å². The molecule has 0 saturated heterocycles. The van der Waals surface area contributed by atoms with Crippen LogP contribution in [-0.4, -0.2) is 34.1 Å². The molecule has 4 aromatic rings. The summed E-state index contributed by atoms with van der Waals surface area (Å²) in [6, 6.07) is 20.2. The second-order valence-corrected chi connectivity index (χ2v) is 8.73. The van der Waals surface area contributed by atoms with E-state index in [9.17, 15) is 19.2 Å². The molecule has 0 aliphatic carbocycles. The van der Waals surface area contributed by atoms with E-state index in [1.54, 1.807) is 54.6 Å². The van der Waals surface area contributed by atoms with Gasteiger partial charge in [-0.15, -0.1) is 0 Å². The number of carbonyl (C=O) groups excluding carboxylic acids is 3. The highest BCUT2D eigenvalue weighted by atomic mass is 16.4. The summed E-state index contributed by atoms with van der Waals surface area (Å²) < 4.78 is 9.93. The third-order valence-electron chi connectivity index (χ3n) is 4.78. The molecule has 0 bridgehead atoms. The summed E-state index contributed by atoms with van der Waals surface area (Å²) in [7, 11) is 0. The first kappa shape index (κ1) is 25.9. The maximum Gasteiger partial charge on any atom is 0.372 e. The Kier molecular flexibility index (Phi) is 8.01. The minimum atomic E-state index is -1.25. The molecule has 2 aromatic carbocycles. The quantitative estimate of drug-likeness (QED) is 0.356. The Hall–Kier alpha value is -4.72. The van der Waals surface area contributed by atoms with Crippen LogP contribution in [0.5, 0.6) is 0 Å². The van der Waals surface area contributed by atoms with Crippen LogP contribution in [0.2, 0.25) is 0 Å². The number of hydrogen-bond acceptors (Lipinski definition) is 6. The molecule has 2 heterocycles. The first-order valence-electron chi connectivity index (χ1n) is 11.0. The average Bonchev–Trinajstić information content (AvgIpc) is 3.54. The predicted molar refractivity (Wildman–Crippen MR) is 131 cm³/mol. The third kappa shape index (κ3) is 6.44. The zero-order chi connectivity index (χ0) is 26.3. The smallest absolute Gasteiger partial charge is 0.372 e. The van der Waals surface area contributed by atoms with Crippen molar-refractivity contribution in [1.82, 2.24) is 5.32 Å². The molecule has 4 rings (SSSR count). The zero-order valence-electron chi connectivity index (χ0n) is 20.0. The second kappa shape index (κ2) is 11.1. The Labute approximate surface area is 207 Å². The molecule has 0 radical (unpaired) electrons. The Morgan fingerprint density at radius 2 is 1.08 bits per heavy atom. The number of hydrogen-bond donors (Lipinski definition) is 2. The van der Waals surface area contributed by atoms with E-state index in [1.807, 2.05) is 26.8 Å². The van der Waals surface area contributed by atoms with Gasteiger partial charge < -0.3 is 19.3 Å². The number of amides is 1. The fraction of sp³-hybridized carbons (Fsp3) is 0.143. The molecule has 0 spiro atoms. The van der Waals surface area contributed by atoms with Gasteiger partial charge in [-0.2, -0.15) is 0 Å². The van der Waals surface area contributed by atoms with Crippen LogP contribution < -0.4 is 5.32 Å². The van der Waals surface area contributed by atoms with Crippen LogP contribution in [-0.2, 0) is 0 Å². The van der Waals surface area contributed by atoms with Crippen molar-refractivity contribution < 1.29 is 33.1 Å². The molecule has 0 aliphatic heterocycles. The molecular weight excluding hydrogens is 462 g/mol. The summed E-state index contributed by atoms with van der Waals surface area (Å²) in [4.78, 5) is 47.2. The number of furan rings is 2. The minimum absolute atomic E-state index is 0.0498.